The van der Waals surface area contributed by atoms with Gasteiger partial charge in [0.25, 0.3) is 0 Å². The molecule has 0 saturated heterocycles. The summed E-state index contributed by atoms with van der Waals surface area (Å²) in [4.78, 5) is 10.7. The molecule has 0 fully saturated rings. The quantitative estimate of drug-likeness (QED) is 0.496. The molecule has 0 unspecified atom stereocenters. The first kappa shape index (κ1) is 6.33. The number of allylic oxidation sites excluding steroid dienone is 2. The highest BCUT2D eigenvalue weighted by molar-refractivity contribution is 5.90. The van der Waals surface area contributed by atoms with Crippen molar-refractivity contribution < 1.29 is 9.53 Å². The van der Waals surface area contributed by atoms with E-state index in [4.69, 9.17) is 4.74 Å². The second kappa shape index (κ2) is 2.67. The maximum atomic E-state index is 10.7. The van der Waals surface area contributed by atoms with Gasteiger partial charge in [0.05, 0.1) is 12.9 Å². The lowest BCUT2D eigenvalue weighted by Crippen LogP contribution is -2.03. The minimum Gasteiger partial charge on any atom is -0.501 e. The van der Waals surface area contributed by atoms with Crippen LogP contribution in [0.2, 0.25) is 0 Å². The molecule has 0 aromatic carbocycles. The van der Waals surface area contributed by atoms with Crippen LogP contribution < -0.4 is 0 Å². The van der Waals surface area contributed by atoms with Crippen LogP contribution in [0.25, 0.3) is 0 Å². The van der Waals surface area contributed by atoms with E-state index in [2.05, 4.69) is 0 Å². The van der Waals surface area contributed by atoms with Crippen LogP contribution in [0.1, 0.15) is 19.3 Å². The van der Waals surface area contributed by atoms with Crippen LogP contribution >= 0.6 is 0 Å². The molecule has 0 bridgehead atoms. The molecule has 0 radical (unpaired) electrons. The summed E-state index contributed by atoms with van der Waals surface area (Å²) in [6.45, 7) is 0. The Balaban J connectivity index is 2.59. The smallest absolute Gasteiger partial charge is 0.159 e. The molecule has 2 nitrogen and oxygen atoms in total. The number of methoxy groups -OCH3 is 1. The lowest BCUT2D eigenvalue weighted by atomic mass is 10.1. The molecule has 0 atom stereocenters. The number of hydrogen-bond acceptors (Lipinski definition) is 2. The Bertz CT molecular complexity index is 147. The average molecular weight is 127 g/mol. The van der Waals surface area contributed by atoms with Gasteiger partial charge in [-0.05, 0) is 6.42 Å². The third kappa shape index (κ3) is 1.56. The van der Waals surface area contributed by atoms with E-state index >= 15 is 0 Å². The maximum Gasteiger partial charge on any atom is 0.159 e. The fourth-order valence-corrected chi connectivity index (χ4v) is 0.922. The Kier molecular flexibility index (Phi) is 1.88. The summed E-state index contributed by atoms with van der Waals surface area (Å²) in [5, 5.41) is 0. The van der Waals surface area contributed by atoms with E-state index in [0.717, 1.165) is 18.6 Å². The van der Waals surface area contributed by atoms with E-state index in [0.29, 0.717) is 6.42 Å². The summed E-state index contributed by atoms with van der Waals surface area (Å²) in [6, 6.07) is 0. The molecule has 1 aliphatic carbocycles. The standard InChI is InChI=1S/C7H10O2/c1-9-7-4-2-3-6(8)5-7/h5H,2-4H2,1H3/i5+1. The molecule has 0 aliphatic heterocycles. The minimum absolute atomic E-state index is 0.193. The Morgan fingerprint density at radius 3 is 2.78 bits per heavy atom. The first-order valence-corrected chi connectivity index (χ1v) is 3.10. The van der Waals surface area contributed by atoms with Crippen molar-refractivity contribution in [2.45, 2.75) is 19.3 Å². The molecule has 2 heteroatoms. The van der Waals surface area contributed by atoms with Gasteiger partial charge in [0, 0.05) is 18.9 Å². The molecule has 0 aromatic rings. The fraction of sp³-hybridized carbons (Fsp3) is 0.571. The van der Waals surface area contributed by atoms with Gasteiger partial charge in [-0.15, -0.1) is 0 Å². The molecule has 0 spiro atoms. The van der Waals surface area contributed by atoms with E-state index in [9.17, 15) is 4.79 Å². The van der Waals surface area contributed by atoms with E-state index < -0.39 is 0 Å². The number of carbonyl (C=O) groups excluding carboxylic acids is 1. The van der Waals surface area contributed by atoms with Gasteiger partial charge in [-0.25, -0.2) is 0 Å². The predicted octanol–water partition coefficient (Wildman–Crippen LogP) is 1.27. The number of rotatable bonds is 1. The number of hydrogen-bond donors (Lipinski definition) is 0. The summed E-state index contributed by atoms with van der Waals surface area (Å²) in [6.07, 6.45) is 4.14. The molecule has 50 valence electrons. The molecular weight excluding hydrogens is 117 g/mol. The van der Waals surface area contributed by atoms with Gasteiger partial charge in [-0.1, -0.05) is 0 Å². The van der Waals surface area contributed by atoms with Gasteiger partial charge in [0.15, 0.2) is 5.78 Å². The largest absolute Gasteiger partial charge is 0.501 e. The van der Waals surface area contributed by atoms with E-state index in [1.165, 1.54) is 0 Å². The van der Waals surface area contributed by atoms with Gasteiger partial charge < -0.3 is 4.74 Å². The third-order valence-electron chi connectivity index (χ3n) is 1.43. The van der Waals surface area contributed by atoms with Crippen LogP contribution in [-0.4, -0.2) is 12.9 Å². The van der Waals surface area contributed by atoms with Gasteiger partial charge in [0.1, 0.15) is 0 Å². The van der Waals surface area contributed by atoms with Gasteiger partial charge >= 0.3 is 0 Å². The first-order chi connectivity index (χ1) is 4.33. The van der Waals surface area contributed by atoms with Crippen LogP contribution in [-0.2, 0) is 9.53 Å². The number of ketones is 1. The molecular formula is C7H10O2. The zero-order chi connectivity index (χ0) is 6.69. The minimum atomic E-state index is 0.193. The second-order valence-corrected chi connectivity index (χ2v) is 2.13. The van der Waals surface area contributed by atoms with Crippen molar-refractivity contribution in [3.63, 3.8) is 0 Å². The molecule has 1 rings (SSSR count). The molecule has 0 amide bonds. The Hall–Kier alpha value is -0.790. The van der Waals surface area contributed by atoms with Crippen LogP contribution in [0.4, 0.5) is 0 Å². The van der Waals surface area contributed by atoms with Crippen molar-refractivity contribution >= 4 is 5.78 Å². The Labute approximate surface area is 54.5 Å². The van der Waals surface area contributed by atoms with Crippen molar-refractivity contribution in [1.82, 2.24) is 0 Å². The van der Waals surface area contributed by atoms with E-state index in [1.807, 2.05) is 0 Å². The second-order valence-electron chi connectivity index (χ2n) is 2.13. The fourth-order valence-electron chi connectivity index (χ4n) is 0.922. The first-order valence-electron chi connectivity index (χ1n) is 3.10. The number of carbonyl (C=O) groups is 1. The maximum absolute atomic E-state index is 10.7. The lowest BCUT2D eigenvalue weighted by Gasteiger charge is -2.08. The van der Waals surface area contributed by atoms with Gasteiger partial charge in [-0.2, -0.15) is 0 Å². The average Bonchev–Trinajstić information content (AvgIpc) is 1.88. The summed E-state index contributed by atoms with van der Waals surface area (Å²) in [7, 11) is 1.60. The van der Waals surface area contributed by atoms with Crippen LogP contribution in [0.3, 0.4) is 0 Å². The highest BCUT2D eigenvalue weighted by Gasteiger charge is 2.08. The lowest BCUT2D eigenvalue weighted by molar-refractivity contribution is -0.115. The van der Waals surface area contributed by atoms with Crippen molar-refractivity contribution in [1.29, 1.82) is 0 Å². The van der Waals surface area contributed by atoms with Crippen LogP contribution in [0.5, 0.6) is 0 Å². The summed E-state index contributed by atoms with van der Waals surface area (Å²) in [5.41, 5.74) is 0. The van der Waals surface area contributed by atoms with Crippen molar-refractivity contribution in [3.05, 3.63) is 11.8 Å². The highest BCUT2D eigenvalue weighted by atomic mass is 16.5. The molecule has 0 aromatic heterocycles. The zero-order valence-electron chi connectivity index (χ0n) is 5.52. The highest BCUT2D eigenvalue weighted by Crippen LogP contribution is 2.14. The third-order valence-corrected chi connectivity index (χ3v) is 1.43. The summed E-state index contributed by atoms with van der Waals surface area (Å²) >= 11 is 0. The van der Waals surface area contributed by atoms with E-state index in [1.54, 1.807) is 13.2 Å². The topological polar surface area (TPSA) is 26.3 Å². The zero-order valence-corrected chi connectivity index (χ0v) is 5.52. The molecule has 9 heavy (non-hydrogen) atoms. The summed E-state index contributed by atoms with van der Waals surface area (Å²) in [5.74, 6) is 1.02. The van der Waals surface area contributed by atoms with Gasteiger partial charge in [0.2, 0.25) is 0 Å². The van der Waals surface area contributed by atoms with Crippen molar-refractivity contribution in [2.75, 3.05) is 7.11 Å². The SMILES string of the molecule is COC1=[13CH]C(=O)CCC1. The molecule has 0 N–H and O–H groups in total. The Morgan fingerprint density at radius 1 is 1.56 bits per heavy atom. The van der Waals surface area contributed by atoms with Crippen molar-refractivity contribution in [2.24, 2.45) is 0 Å². The predicted molar refractivity (Wildman–Crippen MR) is 33.9 cm³/mol. The molecule has 0 heterocycles. The van der Waals surface area contributed by atoms with Crippen molar-refractivity contribution in [3.8, 4) is 0 Å². The van der Waals surface area contributed by atoms with Crippen LogP contribution in [0.15, 0.2) is 11.8 Å². The summed E-state index contributed by atoms with van der Waals surface area (Å²) < 4.78 is 4.90. The Morgan fingerprint density at radius 2 is 2.33 bits per heavy atom. The van der Waals surface area contributed by atoms with Gasteiger partial charge in [-0.3, -0.25) is 4.79 Å². The normalized spacial score (nSPS) is 19.2. The number of ether oxygens (including phenoxy) is 1. The molecule has 1 aliphatic rings. The van der Waals surface area contributed by atoms with E-state index in [-0.39, 0.29) is 5.78 Å². The van der Waals surface area contributed by atoms with Crippen LogP contribution in [0, 0.1) is 0 Å². The molecule has 0 saturated carbocycles. The monoisotopic (exact) mass is 127 g/mol.